The Bertz CT molecular complexity index is 612. The van der Waals surface area contributed by atoms with Gasteiger partial charge in [-0.3, -0.25) is 0 Å². The number of rotatable bonds is 4. The number of aromatic amines is 1. The number of amides is 1. The molecule has 20 heavy (non-hydrogen) atoms. The minimum absolute atomic E-state index is 0.130. The van der Waals surface area contributed by atoms with E-state index in [2.05, 4.69) is 10.2 Å². The number of halogens is 3. The molecule has 0 bridgehead atoms. The van der Waals surface area contributed by atoms with E-state index < -0.39 is 27.2 Å². The molecule has 0 saturated carbocycles. The molecule has 0 saturated heterocycles. The van der Waals surface area contributed by atoms with Crippen LogP contribution in [0.5, 0.6) is 0 Å². The van der Waals surface area contributed by atoms with Crippen molar-refractivity contribution in [3.63, 3.8) is 0 Å². The Morgan fingerprint density at radius 1 is 1.30 bits per heavy atom. The van der Waals surface area contributed by atoms with Gasteiger partial charge in [0.05, 0.1) is 0 Å². The minimum atomic E-state index is -4.29. The third-order valence-corrected chi connectivity index (χ3v) is 5.60. The van der Waals surface area contributed by atoms with Crippen LogP contribution in [0, 0.1) is 0 Å². The van der Waals surface area contributed by atoms with Crippen molar-refractivity contribution in [1.29, 1.82) is 0 Å². The zero-order valence-electron chi connectivity index (χ0n) is 9.86. The molecule has 1 amide bonds. The summed E-state index contributed by atoms with van der Waals surface area (Å²) in [5, 5.41) is 6.53. The fourth-order valence-corrected chi connectivity index (χ4v) is 4.21. The first-order valence-corrected chi connectivity index (χ1v) is 8.23. The number of thioether (sulfide) groups is 1. The van der Waals surface area contributed by atoms with Crippen molar-refractivity contribution in [3.8, 4) is 0 Å². The number of benzene rings is 1. The van der Waals surface area contributed by atoms with Crippen LogP contribution in [0.4, 0.5) is 13.2 Å². The van der Waals surface area contributed by atoms with Crippen LogP contribution in [0.25, 0.3) is 0 Å². The Morgan fingerprint density at radius 2 is 1.95 bits per heavy atom. The second-order valence-corrected chi connectivity index (χ2v) is 7.58. The first kappa shape index (κ1) is 15.0. The molecule has 2 aromatic rings. The monoisotopic (exact) mass is 363 g/mol. The van der Waals surface area contributed by atoms with Gasteiger partial charge in [0.2, 0.25) is 0 Å². The van der Waals surface area contributed by atoms with Gasteiger partial charge in [-0.2, -0.15) is 0 Å². The molecule has 1 aromatic heterocycles. The molecule has 4 nitrogen and oxygen atoms in total. The molecule has 2 rings (SSSR count). The average molecular weight is 363 g/mol. The molecule has 1 atom stereocenters. The van der Waals surface area contributed by atoms with Gasteiger partial charge in [0, 0.05) is 0 Å². The molecule has 0 aliphatic heterocycles. The number of H-pyrrole nitrogens is 1. The van der Waals surface area contributed by atoms with Crippen molar-refractivity contribution in [3.05, 3.63) is 36.0 Å². The number of carbonyl (C=O) groups excluding carboxylic acids is 1. The summed E-state index contributed by atoms with van der Waals surface area (Å²) in [6.45, 7) is 0. The number of alkyl halides is 3. The maximum atomic E-state index is 12.2. The van der Waals surface area contributed by atoms with Crippen LogP contribution in [0.15, 0.2) is 35.4 Å². The molecule has 9 heteroatoms. The standard InChI is InChI=1S/C11H9AsF3N3OS/c13-11(14,15)20-7-3-1-6(2-4-7)12-9-8(10(16)19)5-17-18-9/h1-5,12H,(H2,16,19)(H,17,18). The van der Waals surface area contributed by atoms with Crippen LogP contribution < -0.4 is 14.6 Å². The Balaban J connectivity index is 2.11. The van der Waals surface area contributed by atoms with Gasteiger partial charge in [-0.1, -0.05) is 0 Å². The van der Waals surface area contributed by atoms with Crippen LogP contribution in [0.2, 0.25) is 0 Å². The van der Waals surface area contributed by atoms with E-state index >= 15 is 0 Å². The summed E-state index contributed by atoms with van der Waals surface area (Å²) in [6, 6.07) is 6.06. The Kier molecular flexibility index (Phi) is 4.45. The first-order chi connectivity index (χ1) is 9.35. The number of carbonyl (C=O) groups is 1. The molecule has 0 aliphatic carbocycles. The van der Waals surface area contributed by atoms with E-state index in [1.807, 2.05) is 0 Å². The van der Waals surface area contributed by atoms with Gasteiger partial charge in [-0.15, -0.1) is 0 Å². The van der Waals surface area contributed by atoms with Crippen LogP contribution in [-0.2, 0) is 0 Å². The molecular formula is C11H9AsF3N3OS. The third kappa shape index (κ3) is 4.04. The van der Waals surface area contributed by atoms with Gasteiger partial charge in [0.1, 0.15) is 0 Å². The zero-order chi connectivity index (χ0) is 14.8. The van der Waals surface area contributed by atoms with Gasteiger partial charge >= 0.3 is 123 Å². The topological polar surface area (TPSA) is 71.8 Å². The normalized spacial score (nSPS) is 12.2. The molecule has 0 radical (unpaired) electrons. The molecule has 1 aromatic carbocycles. The number of nitrogens with one attached hydrogen (secondary N) is 1. The van der Waals surface area contributed by atoms with Crippen molar-refractivity contribution in [2.45, 2.75) is 10.4 Å². The summed E-state index contributed by atoms with van der Waals surface area (Å²) in [4.78, 5) is 11.3. The fourth-order valence-electron chi connectivity index (χ4n) is 1.45. The molecule has 0 spiro atoms. The number of nitrogens with two attached hydrogens (primary N) is 1. The average Bonchev–Trinajstić information content (AvgIpc) is 2.78. The number of nitrogens with zero attached hydrogens (tertiary/aromatic N) is 1. The van der Waals surface area contributed by atoms with E-state index in [0.29, 0.717) is 10.0 Å². The molecule has 106 valence electrons. The van der Waals surface area contributed by atoms with E-state index in [-0.39, 0.29) is 16.7 Å². The summed E-state index contributed by atoms with van der Waals surface area (Å²) in [5.74, 6) is -0.568. The van der Waals surface area contributed by atoms with Gasteiger partial charge in [-0.05, 0) is 0 Å². The summed E-state index contributed by atoms with van der Waals surface area (Å²) in [6.07, 6.45) is 1.43. The summed E-state index contributed by atoms with van der Waals surface area (Å²) in [5.41, 5.74) is 1.24. The number of hydrogen-bond acceptors (Lipinski definition) is 3. The SMILES string of the molecule is NC(=O)c1c[nH]nc1[AsH]c1ccc(SC(F)(F)F)cc1. The van der Waals surface area contributed by atoms with E-state index in [9.17, 15) is 18.0 Å². The Morgan fingerprint density at radius 3 is 2.50 bits per heavy atom. The van der Waals surface area contributed by atoms with Gasteiger partial charge in [0.25, 0.3) is 0 Å². The van der Waals surface area contributed by atoms with Crippen molar-refractivity contribution in [2.24, 2.45) is 5.73 Å². The van der Waals surface area contributed by atoms with Crippen molar-refractivity contribution >= 4 is 42.3 Å². The Hall–Kier alpha value is -1.40. The molecule has 1 unspecified atom stereocenters. The molecular weight excluding hydrogens is 354 g/mol. The van der Waals surface area contributed by atoms with Crippen molar-refractivity contribution in [1.82, 2.24) is 10.2 Å². The molecule has 0 fully saturated rings. The molecule has 1 heterocycles. The van der Waals surface area contributed by atoms with Crippen LogP contribution >= 0.6 is 11.8 Å². The predicted octanol–water partition coefficient (Wildman–Crippen LogP) is 0.508. The fraction of sp³-hybridized carbons (Fsp3) is 0.0909. The first-order valence-electron chi connectivity index (χ1n) is 5.31. The number of aromatic nitrogens is 2. The van der Waals surface area contributed by atoms with E-state index in [1.165, 1.54) is 18.3 Å². The van der Waals surface area contributed by atoms with Gasteiger partial charge in [-0.25, -0.2) is 0 Å². The van der Waals surface area contributed by atoms with Gasteiger partial charge < -0.3 is 0 Å². The van der Waals surface area contributed by atoms with Crippen LogP contribution in [0.1, 0.15) is 10.4 Å². The maximum absolute atomic E-state index is 12.2. The summed E-state index contributed by atoms with van der Waals surface area (Å²) in [7, 11) is 0. The molecule has 3 N–H and O–H groups in total. The second-order valence-electron chi connectivity index (χ2n) is 3.71. The van der Waals surface area contributed by atoms with Crippen LogP contribution in [0.3, 0.4) is 0 Å². The van der Waals surface area contributed by atoms with Crippen LogP contribution in [-0.4, -0.2) is 37.4 Å². The van der Waals surface area contributed by atoms with E-state index in [4.69, 9.17) is 5.73 Å². The summed E-state index contributed by atoms with van der Waals surface area (Å²) >= 11 is -1.07. The predicted molar refractivity (Wildman–Crippen MR) is 71.9 cm³/mol. The van der Waals surface area contributed by atoms with Gasteiger partial charge in [0.15, 0.2) is 0 Å². The van der Waals surface area contributed by atoms with E-state index in [0.717, 1.165) is 4.35 Å². The third-order valence-electron chi connectivity index (χ3n) is 2.26. The Labute approximate surface area is 123 Å². The zero-order valence-corrected chi connectivity index (χ0v) is 12.8. The summed E-state index contributed by atoms with van der Waals surface area (Å²) < 4.78 is 38.0. The van der Waals surface area contributed by atoms with E-state index in [1.54, 1.807) is 12.1 Å². The van der Waals surface area contributed by atoms with Crippen molar-refractivity contribution in [2.75, 3.05) is 0 Å². The second kappa shape index (κ2) is 5.93. The quantitative estimate of drug-likeness (QED) is 0.614. The number of hydrogen-bond donors (Lipinski definition) is 2. The molecule has 0 aliphatic rings. The van der Waals surface area contributed by atoms with Crippen molar-refractivity contribution < 1.29 is 18.0 Å². The number of primary amides is 1.